The van der Waals surface area contributed by atoms with Gasteiger partial charge in [0, 0.05) is 32.3 Å². The Balaban J connectivity index is -0.00000760. The van der Waals surface area contributed by atoms with Crippen molar-refractivity contribution in [3.05, 3.63) is 0 Å². The second kappa shape index (κ2) is 35.5. The second-order valence-corrected chi connectivity index (χ2v) is 11.9. The van der Waals surface area contributed by atoms with Gasteiger partial charge in [-0.25, -0.2) is 8.42 Å². The van der Waals surface area contributed by atoms with Crippen LogP contribution < -0.4 is 59.1 Å². The summed E-state index contributed by atoms with van der Waals surface area (Å²) in [6, 6.07) is 0. The Kier molecular flexibility index (Phi) is 40.7. The molecule has 242 valence electrons. The summed E-state index contributed by atoms with van der Waals surface area (Å²) in [5, 5.41) is 0. The van der Waals surface area contributed by atoms with Crippen LogP contribution in [-0.2, 0) is 38.3 Å². The minimum Gasteiger partial charge on any atom is -0.726 e. The Morgan fingerprint density at radius 3 is 1.45 bits per heavy atom. The number of unbranched alkanes of at least 4 members (excludes halogenated alkanes) is 12. The van der Waals surface area contributed by atoms with E-state index in [4.69, 9.17) is 23.7 Å². The predicted molar refractivity (Wildman–Crippen MR) is 158 cm³/mol. The molecule has 0 spiro atoms. The van der Waals surface area contributed by atoms with Crippen molar-refractivity contribution in [2.24, 2.45) is 5.41 Å². The molecule has 0 fully saturated rings. The Labute approximate surface area is 303 Å². The van der Waals surface area contributed by atoms with Gasteiger partial charge in [-0.3, -0.25) is 4.18 Å². The first-order valence-corrected chi connectivity index (χ1v) is 17.1. The van der Waals surface area contributed by atoms with Crippen LogP contribution >= 0.6 is 0 Å². The average molecular weight is 644 g/mol. The molecule has 0 N–H and O–H groups in total. The van der Waals surface area contributed by atoms with Gasteiger partial charge < -0.3 is 28.2 Å². The normalized spacial score (nSPS) is 13.0. The number of hydrogen-bond donors (Lipinski definition) is 0. The SMILES string of the molecule is CCCCCCCCCCOC[C@@](CCCCCCOCCCCC)(COCCOC)COCCOS(=O)(=O)[O-].[Na+].[Na+]. The van der Waals surface area contributed by atoms with Crippen LogP contribution in [-0.4, -0.2) is 86.1 Å². The smallest absolute Gasteiger partial charge is 0.726 e. The molecule has 0 aromatic rings. The van der Waals surface area contributed by atoms with Gasteiger partial charge in [0.2, 0.25) is 10.4 Å². The first kappa shape index (κ1) is 48.1. The van der Waals surface area contributed by atoms with Crippen LogP contribution in [0.25, 0.3) is 0 Å². The minimum atomic E-state index is -4.73. The monoisotopic (exact) mass is 643 g/mol. The van der Waals surface area contributed by atoms with E-state index in [2.05, 4.69) is 18.0 Å². The standard InChI is InChI=1S/C30H62O9S.2Na/c1-4-6-8-9-10-11-13-18-22-36-27-30(28-37-24-23-34-3,29-38-25-26-39-40(31,32)33)19-15-12-14-17-21-35-20-16-7-5-2;;/h4-29H2,1-3H3,(H,31,32,33);;/q;2*+1/p-1/t30-;;/m0../s1. The Morgan fingerprint density at radius 2 is 0.929 bits per heavy atom. The van der Waals surface area contributed by atoms with E-state index in [9.17, 15) is 13.0 Å². The van der Waals surface area contributed by atoms with Gasteiger partial charge in [-0.2, -0.15) is 0 Å². The van der Waals surface area contributed by atoms with Gasteiger partial charge in [0.15, 0.2) is 0 Å². The van der Waals surface area contributed by atoms with Crippen molar-refractivity contribution in [3.63, 3.8) is 0 Å². The van der Waals surface area contributed by atoms with Crippen LogP contribution in [0.1, 0.15) is 117 Å². The van der Waals surface area contributed by atoms with Gasteiger partial charge in [-0.15, -0.1) is 0 Å². The summed E-state index contributed by atoms with van der Waals surface area (Å²) in [6.07, 6.45) is 18.6. The molecule has 9 nitrogen and oxygen atoms in total. The molecule has 0 aromatic heterocycles. The zero-order chi connectivity index (χ0) is 29.6. The largest absolute Gasteiger partial charge is 1.00 e. The number of ether oxygens (including phenoxy) is 5. The van der Waals surface area contributed by atoms with Crippen molar-refractivity contribution in [2.45, 2.75) is 117 Å². The van der Waals surface area contributed by atoms with E-state index in [0.717, 1.165) is 58.2 Å². The molecule has 0 rings (SSSR count). The van der Waals surface area contributed by atoms with Crippen LogP contribution in [0.2, 0.25) is 0 Å². The molecule has 42 heavy (non-hydrogen) atoms. The molecule has 0 aromatic carbocycles. The summed E-state index contributed by atoms with van der Waals surface area (Å²) in [5.41, 5.74) is -0.374. The Morgan fingerprint density at radius 1 is 0.524 bits per heavy atom. The van der Waals surface area contributed by atoms with Gasteiger partial charge in [0.1, 0.15) is 0 Å². The van der Waals surface area contributed by atoms with Crippen LogP contribution in [0.4, 0.5) is 0 Å². The van der Waals surface area contributed by atoms with E-state index < -0.39 is 10.4 Å². The molecular formula is C30H61Na2O9S+. The van der Waals surface area contributed by atoms with Crippen LogP contribution in [0, 0.1) is 5.41 Å². The van der Waals surface area contributed by atoms with E-state index in [1.807, 2.05) is 0 Å². The molecule has 0 saturated heterocycles. The van der Waals surface area contributed by atoms with Crippen molar-refractivity contribution < 1.29 is 100.0 Å². The van der Waals surface area contributed by atoms with Gasteiger partial charge in [-0.1, -0.05) is 90.9 Å². The summed E-state index contributed by atoms with van der Waals surface area (Å²) in [4.78, 5) is 0. The summed E-state index contributed by atoms with van der Waals surface area (Å²) in [5.74, 6) is 0. The first-order chi connectivity index (χ1) is 19.4. The second-order valence-electron chi connectivity index (χ2n) is 10.8. The Bertz CT molecular complexity index is 604. The number of hydrogen-bond acceptors (Lipinski definition) is 9. The fraction of sp³-hybridized carbons (Fsp3) is 1.00. The minimum absolute atomic E-state index is 0. The maximum absolute atomic E-state index is 10.7. The van der Waals surface area contributed by atoms with E-state index in [1.54, 1.807) is 7.11 Å². The van der Waals surface area contributed by atoms with Crippen LogP contribution in [0.3, 0.4) is 0 Å². The van der Waals surface area contributed by atoms with E-state index in [-0.39, 0.29) is 77.7 Å². The fourth-order valence-corrected chi connectivity index (χ4v) is 4.77. The molecular weight excluding hydrogens is 582 g/mol. The molecule has 0 bridgehead atoms. The maximum Gasteiger partial charge on any atom is 1.00 e. The van der Waals surface area contributed by atoms with Crippen molar-refractivity contribution in [1.82, 2.24) is 0 Å². The van der Waals surface area contributed by atoms with Gasteiger partial charge in [0.05, 0.1) is 46.2 Å². The molecule has 12 heteroatoms. The summed E-state index contributed by atoms with van der Waals surface area (Å²) >= 11 is 0. The van der Waals surface area contributed by atoms with E-state index >= 15 is 0 Å². The maximum atomic E-state index is 10.7. The van der Waals surface area contributed by atoms with Crippen molar-refractivity contribution in [1.29, 1.82) is 0 Å². The molecule has 0 unspecified atom stereocenters. The number of rotatable bonds is 33. The van der Waals surface area contributed by atoms with Crippen LogP contribution in [0.15, 0.2) is 0 Å². The summed E-state index contributed by atoms with van der Waals surface area (Å²) in [7, 11) is -3.09. The fourth-order valence-electron chi connectivity index (χ4n) is 4.50. The predicted octanol–water partition coefficient (Wildman–Crippen LogP) is 0.452. The quantitative estimate of drug-likeness (QED) is 0.0436. The molecule has 0 aliphatic rings. The van der Waals surface area contributed by atoms with Gasteiger partial charge in [0.25, 0.3) is 0 Å². The molecule has 1 atom stereocenters. The molecule has 0 aliphatic heterocycles. The summed E-state index contributed by atoms with van der Waals surface area (Å²) < 4.78 is 65.3. The third kappa shape index (κ3) is 34.5. The van der Waals surface area contributed by atoms with Crippen molar-refractivity contribution in [2.75, 3.05) is 73.2 Å². The summed E-state index contributed by atoms with van der Waals surface area (Å²) in [6.45, 7) is 8.75. The molecule has 0 radical (unpaired) electrons. The zero-order valence-electron chi connectivity index (χ0n) is 28.0. The van der Waals surface area contributed by atoms with Crippen molar-refractivity contribution >= 4 is 10.4 Å². The molecule has 0 amide bonds. The molecule has 0 aliphatic carbocycles. The Hall–Kier alpha value is 1.67. The molecule has 0 saturated carbocycles. The van der Waals surface area contributed by atoms with E-state index in [1.165, 1.54) is 57.8 Å². The third-order valence-electron chi connectivity index (χ3n) is 6.89. The number of methoxy groups -OCH3 is 1. The third-order valence-corrected chi connectivity index (χ3v) is 7.35. The molecule has 0 heterocycles. The zero-order valence-corrected chi connectivity index (χ0v) is 32.8. The topological polar surface area (TPSA) is 113 Å². The van der Waals surface area contributed by atoms with Crippen molar-refractivity contribution in [3.8, 4) is 0 Å². The van der Waals surface area contributed by atoms with Crippen LogP contribution in [0.5, 0.6) is 0 Å². The van der Waals surface area contributed by atoms with Gasteiger partial charge in [-0.05, 0) is 25.7 Å². The average Bonchev–Trinajstić information content (AvgIpc) is 2.92. The first-order valence-electron chi connectivity index (χ1n) is 15.8. The van der Waals surface area contributed by atoms with E-state index in [0.29, 0.717) is 39.6 Å². The van der Waals surface area contributed by atoms with Gasteiger partial charge >= 0.3 is 59.1 Å².